The summed E-state index contributed by atoms with van der Waals surface area (Å²) in [5.41, 5.74) is -4.90. The Morgan fingerprint density at radius 1 is 0.978 bits per heavy atom. The van der Waals surface area contributed by atoms with Crippen molar-refractivity contribution in [1.82, 2.24) is 19.3 Å². The molecule has 0 spiro atoms. The fourth-order valence-electron chi connectivity index (χ4n) is 6.37. The number of nitrogens with zero attached hydrogens (tertiary/aromatic N) is 5. The van der Waals surface area contributed by atoms with Crippen molar-refractivity contribution in [2.24, 2.45) is 0 Å². The second kappa shape index (κ2) is 11.0. The van der Waals surface area contributed by atoms with Crippen LogP contribution in [0.15, 0.2) is 18.2 Å². The minimum absolute atomic E-state index is 0.0544. The number of rotatable bonds is 4. The predicted octanol–water partition coefficient (Wildman–Crippen LogP) is 4.24. The van der Waals surface area contributed by atoms with Gasteiger partial charge in [0.2, 0.25) is 11.8 Å². The first-order chi connectivity index (χ1) is 20.9. The summed E-state index contributed by atoms with van der Waals surface area (Å²) in [4.78, 5) is 30.6. The van der Waals surface area contributed by atoms with E-state index in [0.29, 0.717) is 38.8 Å². The number of amides is 2. The molecule has 4 heterocycles. The van der Waals surface area contributed by atoms with Gasteiger partial charge in [-0.1, -0.05) is 0 Å². The van der Waals surface area contributed by atoms with Crippen LogP contribution in [0.5, 0.6) is 11.8 Å². The van der Waals surface area contributed by atoms with Crippen LogP contribution in [-0.4, -0.2) is 99.7 Å². The average Bonchev–Trinajstić information content (AvgIpc) is 3.31. The molecule has 12 nitrogen and oxygen atoms in total. The third-order valence-electron chi connectivity index (χ3n) is 8.22. The fourth-order valence-corrected chi connectivity index (χ4v) is 6.37. The van der Waals surface area contributed by atoms with E-state index < -0.39 is 52.0 Å². The lowest BCUT2D eigenvalue weighted by Crippen LogP contribution is -2.54. The average molecular weight is 636 g/mol. The van der Waals surface area contributed by atoms with E-state index in [1.807, 2.05) is 20.8 Å². The third-order valence-corrected chi connectivity index (χ3v) is 8.22. The zero-order chi connectivity index (χ0) is 33.1. The van der Waals surface area contributed by atoms with Gasteiger partial charge < -0.3 is 34.2 Å². The van der Waals surface area contributed by atoms with Crippen molar-refractivity contribution in [3.63, 3.8) is 0 Å². The number of carbonyl (C=O) groups excluding carboxylic acids is 2. The lowest BCUT2D eigenvalue weighted by molar-refractivity contribution is -0.180. The lowest BCUT2D eigenvalue weighted by Gasteiger charge is -2.43. The van der Waals surface area contributed by atoms with Gasteiger partial charge in [-0.3, -0.25) is 9.47 Å². The molecule has 244 valence electrons. The van der Waals surface area contributed by atoms with Crippen molar-refractivity contribution in [1.29, 1.82) is 5.26 Å². The second-order valence-electron chi connectivity index (χ2n) is 12.9. The van der Waals surface area contributed by atoms with Crippen molar-refractivity contribution < 1.29 is 47.2 Å². The standard InChI is InChI=1S/C30H36F3N5O7/c1-27(2,3)44-26(42)36-10-8-35(9-11-36)12-13-43-25(41)37-16-28(4)21-22(29(5,17-37)45-28)24(40)38(23(21)39)19-7-6-18(15-34)20(14-19)30(31,32)33/h6-7,14,39-40H,8-13,16-17H2,1-5H3/t28-,29+. The Balaban J connectivity index is 1.26. The molecule has 1 aromatic heterocycles. The van der Waals surface area contributed by atoms with Crippen LogP contribution in [0, 0.1) is 11.3 Å². The molecule has 2 bridgehead atoms. The van der Waals surface area contributed by atoms with Crippen LogP contribution in [0.3, 0.4) is 0 Å². The first-order valence-electron chi connectivity index (χ1n) is 14.5. The number of halogens is 3. The van der Waals surface area contributed by atoms with E-state index in [2.05, 4.69) is 4.90 Å². The second-order valence-corrected chi connectivity index (χ2v) is 12.9. The maximum atomic E-state index is 13.6. The number of fused-ring (bicyclic) bond motifs is 5. The number of hydrogen-bond donors (Lipinski definition) is 2. The molecule has 2 aromatic rings. The minimum Gasteiger partial charge on any atom is -0.494 e. The highest BCUT2D eigenvalue weighted by Gasteiger charge is 2.60. The monoisotopic (exact) mass is 635 g/mol. The molecule has 0 saturated carbocycles. The number of ether oxygens (including phenoxy) is 3. The molecule has 0 unspecified atom stereocenters. The summed E-state index contributed by atoms with van der Waals surface area (Å²) < 4.78 is 59.0. The largest absolute Gasteiger partial charge is 0.494 e. The van der Waals surface area contributed by atoms with Crippen LogP contribution in [-0.2, 0) is 31.6 Å². The highest BCUT2D eigenvalue weighted by molar-refractivity contribution is 5.70. The molecule has 2 fully saturated rings. The van der Waals surface area contributed by atoms with Gasteiger partial charge >= 0.3 is 18.4 Å². The molecule has 2 saturated heterocycles. The Morgan fingerprint density at radius 2 is 1.56 bits per heavy atom. The lowest BCUT2D eigenvalue weighted by atomic mass is 9.94. The van der Waals surface area contributed by atoms with Crippen LogP contribution in [0.25, 0.3) is 5.69 Å². The van der Waals surface area contributed by atoms with E-state index in [1.54, 1.807) is 18.7 Å². The van der Waals surface area contributed by atoms with Gasteiger partial charge in [-0.05, 0) is 52.8 Å². The van der Waals surface area contributed by atoms with Crippen molar-refractivity contribution in [2.75, 3.05) is 52.4 Å². The van der Waals surface area contributed by atoms with Crippen LogP contribution in [0.1, 0.15) is 56.9 Å². The summed E-state index contributed by atoms with van der Waals surface area (Å²) in [6, 6.07) is 4.37. The maximum Gasteiger partial charge on any atom is 0.417 e. The highest BCUT2D eigenvalue weighted by Crippen LogP contribution is 2.59. The number of nitriles is 1. The van der Waals surface area contributed by atoms with Gasteiger partial charge in [-0.25, -0.2) is 9.59 Å². The predicted molar refractivity (Wildman–Crippen MR) is 152 cm³/mol. The molecule has 45 heavy (non-hydrogen) atoms. The Kier molecular flexibility index (Phi) is 7.90. The molecule has 5 rings (SSSR count). The Labute approximate surface area is 258 Å². The number of aromatic hydroxyl groups is 2. The quantitative estimate of drug-likeness (QED) is 0.505. The molecule has 2 N–H and O–H groups in total. The van der Waals surface area contributed by atoms with Crippen LogP contribution in [0.2, 0.25) is 0 Å². The summed E-state index contributed by atoms with van der Waals surface area (Å²) in [5, 5.41) is 31.6. The summed E-state index contributed by atoms with van der Waals surface area (Å²) in [6.07, 6.45) is -5.83. The van der Waals surface area contributed by atoms with Crippen LogP contribution < -0.4 is 0 Å². The summed E-state index contributed by atoms with van der Waals surface area (Å²) in [7, 11) is 0. The van der Waals surface area contributed by atoms with Gasteiger partial charge in [0.05, 0.1) is 47.1 Å². The van der Waals surface area contributed by atoms with E-state index in [0.717, 1.165) is 10.6 Å². The molecule has 1 aromatic carbocycles. The van der Waals surface area contributed by atoms with Crippen molar-refractivity contribution in [3.8, 4) is 23.5 Å². The van der Waals surface area contributed by atoms with Crippen LogP contribution >= 0.6 is 0 Å². The van der Waals surface area contributed by atoms with Crippen LogP contribution in [0.4, 0.5) is 22.8 Å². The fraction of sp³-hybridized carbons (Fsp3) is 0.567. The van der Waals surface area contributed by atoms with E-state index in [4.69, 9.17) is 19.5 Å². The summed E-state index contributed by atoms with van der Waals surface area (Å²) >= 11 is 0. The molecule has 3 aliphatic heterocycles. The molecular formula is C30H36F3N5O7. The number of carbonyl (C=O) groups is 2. The van der Waals surface area contributed by atoms with Crippen molar-refractivity contribution >= 4 is 12.2 Å². The van der Waals surface area contributed by atoms with E-state index >= 15 is 0 Å². The number of piperazine rings is 1. The molecule has 2 amide bonds. The van der Waals surface area contributed by atoms with Gasteiger partial charge in [0.15, 0.2) is 0 Å². The molecule has 0 radical (unpaired) electrons. The first-order valence-corrected chi connectivity index (χ1v) is 14.5. The highest BCUT2D eigenvalue weighted by atomic mass is 19.4. The van der Waals surface area contributed by atoms with Gasteiger partial charge in [0.1, 0.15) is 23.4 Å². The summed E-state index contributed by atoms with van der Waals surface area (Å²) in [6.45, 7) is 11.2. The third kappa shape index (κ3) is 5.96. The zero-order valence-corrected chi connectivity index (χ0v) is 25.7. The summed E-state index contributed by atoms with van der Waals surface area (Å²) in [5.74, 6) is -1.07. The van der Waals surface area contributed by atoms with Gasteiger partial charge in [0, 0.05) is 32.7 Å². The van der Waals surface area contributed by atoms with E-state index in [1.165, 1.54) is 17.0 Å². The minimum atomic E-state index is -4.84. The number of morpholine rings is 1. The van der Waals surface area contributed by atoms with E-state index in [-0.39, 0.29) is 42.6 Å². The first kappa shape index (κ1) is 32.2. The number of alkyl halides is 3. The Morgan fingerprint density at radius 3 is 2.07 bits per heavy atom. The molecule has 0 aliphatic carbocycles. The molecular weight excluding hydrogens is 599 g/mol. The SMILES string of the molecule is CC(C)(C)OC(=O)N1CCN(CCOC(=O)N2C[C@@]3(C)O[C@@](C)(C2)c2c3c(O)n(-c3ccc(C#N)c(C(F)(F)F)c3)c2O)CC1. The van der Waals surface area contributed by atoms with E-state index in [9.17, 15) is 33.0 Å². The number of hydrogen-bond acceptors (Lipinski definition) is 9. The van der Waals surface area contributed by atoms with Gasteiger partial charge in [-0.15, -0.1) is 0 Å². The van der Waals surface area contributed by atoms with Crippen molar-refractivity contribution in [2.45, 2.75) is 57.6 Å². The Bertz CT molecular complexity index is 1510. The molecule has 15 heteroatoms. The maximum absolute atomic E-state index is 13.6. The topological polar surface area (TPSA) is 141 Å². The normalized spacial score (nSPS) is 23.4. The smallest absolute Gasteiger partial charge is 0.417 e. The van der Waals surface area contributed by atoms with Gasteiger partial charge in [-0.2, -0.15) is 18.4 Å². The van der Waals surface area contributed by atoms with Crippen molar-refractivity contribution in [3.05, 3.63) is 40.5 Å². The molecule has 3 aliphatic rings. The van der Waals surface area contributed by atoms with Gasteiger partial charge in [0.25, 0.3) is 0 Å². The Hall–Kier alpha value is -4.16. The molecule has 2 atom stereocenters. The number of benzene rings is 1. The number of aromatic nitrogens is 1. The zero-order valence-electron chi connectivity index (χ0n) is 25.7.